The molecule has 8 heteroatoms. The maximum atomic E-state index is 12.3. The number of nitrogens with zero attached hydrogens (tertiary/aromatic N) is 1. The Kier molecular flexibility index (Phi) is 7.68. The number of carbonyl (C=O) groups excluding carboxylic acids is 1. The fourth-order valence-electron chi connectivity index (χ4n) is 2.96. The molecule has 2 aromatic rings. The Morgan fingerprint density at radius 1 is 1.48 bits per heavy atom. The largest absolute Gasteiger partial charge is 0.370 e. The van der Waals surface area contributed by atoms with Crippen LogP contribution in [0.5, 0.6) is 0 Å². The van der Waals surface area contributed by atoms with Gasteiger partial charge in [-0.25, -0.2) is 4.98 Å². The number of aromatic nitrogens is 2. The summed E-state index contributed by atoms with van der Waals surface area (Å²) >= 11 is 0. The van der Waals surface area contributed by atoms with E-state index in [1.54, 1.807) is 6.92 Å². The van der Waals surface area contributed by atoms with Crippen molar-refractivity contribution in [1.29, 1.82) is 0 Å². The number of hydrogen-bond acceptors (Lipinski definition) is 4. The van der Waals surface area contributed by atoms with Gasteiger partial charge < -0.3 is 20.8 Å². The van der Waals surface area contributed by atoms with Crippen LogP contribution in [0.15, 0.2) is 18.2 Å². The molecule has 1 aromatic heterocycles. The number of aromatic amines is 1. The van der Waals surface area contributed by atoms with Gasteiger partial charge in [-0.15, -0.1) is 24.8 Å². The van der Waals surface area contributed by atoms with Crippen LogP contribution in [0.2, 0.25) is 0 Å². The molecule has 1 aromatic carbocycles. The normalized spacial score (nSPS) is 18.9. The minimum absolute atomic E-state index is 0. The van der Waals surface area contributed by atoms with Crippen molar-refractivity contribution in [1.82, 2.24) is 9.97 Å². The number of halogens is 2. The predicted molar refractivity (Wildman–Crippen MR) is 105 cm³/mol. The van der Waals surface area contributed by atoms with Crippen molar-refractivity contribution in [2.24, 2.45) is 5.73 Å². The Balaban J connectivity index is 0.00000156. The van der Waals surface area contributed by atoms with Gasteiger partial charge in [-0.05, 0) is 44.4 Å². The van der Waals surface area contributed by atoms with E-state index >= 15 is 0 Å². The van der Waals surface area contributed by atoms with E-state index in [1.807, 2.05) is 25.1 Å². The van der Waals surface area contributed by atoms with Gasteiger partial charge in [0.05, 0.1) is 16.6 Å². The van der Waals surface area contributed by atoms with E-state index in [2.05, 4.69) is 15.3 Å². The average molecular weight is 389 g/mol. The summed E-state index contributed by atoms with van der Waals surface area (Å²) in [6, 6.07) is 5.64. The first-order valence-electron chi connectivity index (χ1n) is 8.21. The summed E-state index contributed by atoms with van der Waals surface area (Å²) in [5.41, 5.74) is 7.69. The molecule has 3 rings (SSSR count). The van der Waals surface area contributed by atoms with E-state index in [1.165, 1.54) is 0 Å². The molecule has 2 heterocycles. The zero-order chi connectivity index (χ0) is 16.4. The number of H-pyrrole nitrogens is 1. The molecule has 0 aliphatic carbocycles. The van der Waals surface area contributed by atoms with E-state index < -0.39 is 5.54 Å². The highest BCUT2D eigenvalue weighted by Gasteiger charge is 2.27. The lowest BCUT2D eigenvalue weighted by Gasteiger charge is -2.22. The Bertz CT molecular complexity index is 712. The summed E-state index contributed by atoms with van der Waals surface area (Å²) in [5.74, 6) is 0.688. The number of anilines is 1. The topological polar surface area (TPSA) is 93.0 Å². The van der Waals surface area contributed by atoms with Crippen molar-refractivity contribution in [2.75, 3.05) is 11.9 Å². The molecule has 1 aliphatic heterocycles. The molecule has 140 valence electrons. The molecular weight excluding hydrogens is 363 g/mol. The van der Waals surface area contributed by atoms with Gasteiger partial charge in [0.15, 0.2) is 0 Å². The summed E-state index contributed by atoms with van der Waals surface area (Å²) in [6.45, 7) is 4.56. The van der Waals surface area contributed by atoms with Crippen LogP contribution in [0.4, 0.5) is 5.69 Å². The van der Waals surface area contributed by atoms with Crippen molar-refractivity contribution >= 4 is 47.4 Å². The zero-order valence-corrected chi connectivity index (χ0v) is 16.1. The molecule has 1 saturated heterocycles. The van der Waals surface area contributed by atoms with Crippen LogP contribution in [-0.2, 0) is 9.53 Å². The van der Waals surface area contributed by atoms with Gasteiger partial charge in [-0.1, -0.05) is 13.3 Å². The first-order chi connectivity index (χ1) is 11.0. The third-order valence-corrected chi connectivity index (χ3v) is 4.28. The van der Waals surface area contributed by atoms with Crippen molar-refractivity contribution in [3.63, 3.8) is 0 Å². The summed E-state index contributed by atoms with van der Waals surface area (Å²) < 4.78 is 5.65. The second-order valence-electron chi connectivity index (χ2n) is 6.48. The lowest BCUT2D eigenvalue weighted by molar-refractivity contribution is -0.120. The molecule has 1 amide bonds. The molecule has 2 unspecified atom stereocenters. The average Bonchev–Trinajstić information content (AvgIpc) is 3.15. The second-order valence-corrected chi connectivity index (χ2v) is 6.48. The standard InChI is InChI=1S/C17H24N4O2.2ClH/c1-3-8-17(2,18)16(22)19-11-6-7-12-13(10-11)21-15(20-12)14-5-4-9-23-14;;/h6-7,10,14H,3-5,8-9,18H2,1-2H3,(H,19,22)(H,20,21);2*1H. The molecule has 2 atom stereocenters. The molecule has 0 radical (unpaired) electrons. The first kappa shape index (κ1) is 21.7. The number of rotatable bonds is 5. The third kappa shape index (κ3) is 4.85. The van der Waals surface area contributed by atoms with Crippen LogP contribution in [0.3, 0.4) is 0 Å². The Morgan fingerprint density at radius 2 is 2.24 bits per heavy atom. The number of fused-ring (bicyclic) bond motifs is 1. The van der Waals surface area contributed by atoms with Crippen molar-refractivity contribution in [3.8, 4) is 0 Å². The molecule has 0 saturated carbocycles. The van der Waals surface area contributed by atoms with Crippen molar-refractivity contribution < 1.29 is 9.53 Å². The molecule has 6 nitrogen and oxygen atoms in total. The molecule has 1 fully saturated rings. The van der Waals surface area contributed by atoms with E-state index in [0.717, 1.165) is 48.4 Å². The van der Waals surface area contributed by atoms with Crippen LogP contribution >= 0.6 is 24.8 Å². The van der Waals surface area contributed by atoms with Crippen LogP contribution in [0, 0.1) is 0 Å². The van der Waals surface area contributed by atoms with Gasteiger partial charge in [0, 0.05) is 12.3 Å². The fraction of sp³-hybridized carbons (Fsp3) is 0.529. The summed E-state index contributed by atoms with van der Waals surface area (Å²) in [7, 11) is 0. The number of ether oxygens (including phenoxy) is 1. The number of imidazole rings is 1. The quantitative estimate of drug-likeness (QED) is 0.727. The Labute approximate surface area is 160 Å². The molecule has 0 bridgehead atoms. The van der Waals surface area contributed by atoms with Gasteiger partial charge >= 0.3 is 0 Å². The number of benzene rings is 1. The summed E-state index contributed by atoms with van der Waals surface area (Å²) in [6.07, 6.45) is 3.62. The fourth-order valence-corrected chi connectivity index (χ4v) is 2.96. The molecular formula is C17H26Cl2N4O2. The van der Waals surface area contributed by atoms with Crippen molar-refractivity contribution in [3.05, 3.63) is 24.0 Å². The lowest BCUT2D eigenvalue weighted by Crippen LogP contribution is -2.48. The minimum Gasteiger partial charge on any atom is -0.370 e. The minimum atomic E-state index is -0.861. The molecule has 4 N–H and O–H groups in total. The number of carbonyl (C=O) groups is 1. The Morgan fingerprint density at radius 3 is 2.88 bits per heavy atom. The summed E-state index contributed by atoms with van der Waals surface area (Å²) in [5, 5.41) is 2.89. The van der Waals surface area contributed by atoms with E-state index in [-0.39, 0.29) is 36.8 Å². The number of hydrogen-bond donors (Lipinski definition) is 3. The van der Waals surface area contributed by atoms with Gasteiger partial charge in [0.1, 0.15) is 11.9 Å². The SMILES string of the molecule is CCCC(C)(N)C(=O)Nc1ccc2nc(C3CCCO3)[nH]c2c1.Cl.Cl. The van der Waals surface area contributed by atoms with Crippen LogP contribution < -0.4 is 11.1 Å². The smallest absolute Gasteiger partial charge is 0.244 e. The van der Waals surface area contributed by atoms with Gasteiger partial charge in [-0.2, -0.15) is 0 Å². The van der Waals surface area contributed by atoms with Crippen LogP contribution in [0.1, 0.15) is 51.5 Å². The first-order valence-corrected chi connectivity index (χ1v) is 8.21. The zero-order valence-electron chi connectivity index (χ0n) is 14.5. The third-order valence-electron chi connectivity index (χ3n) is 4.28. The monoisotopic (exact) mass is 388 g/mol. The van der Waals surface area contributed by atoms with Crippen molar-refractivity contribution in [2.45, 2.75) is 51.2 Å². The lowest BCUT2D eigenvalue weighted by atomic mass is 9.96. The molecule has 25 heavy (non-hydrogen) atoms. The molecule has 0 spiro atoms. The maximum Gasteiger partial charge on any atom is 0.244 e. The van der Waals surface area contributed by atoms with E-state index in [0.29, 0.717) is 6.42 Å². The van der Waals surface area contributed by atoms with Crippen LogP contribution in [0.25, 0.3) is 11.0 Å². The van der Waals surface area contributed by atoms with Gasteiger partial charge in [0.25, 0.3) is 0 Å². The summed E-state index contributed by atoms with van der Waals surface area (Å²) in [4.78, 5) is 20.2. The van der Waals surface area contributed by atoms with Gasteiger partial charge in [0.2, 0.25) is 5.91 Å². The number of amides is 1. The maximum absolute atomic E-state index is 12.3. The van der Waals surface area contributed by atoms with Crippen LogP contribution in [-0.4, -0.2) is 28.0 Å². The predicted octanol–water partition coefficient (Wildman–Crippen LogP) is 3.71. The van der Waals surface area contributed by atoms with Gasteiger partial charge in [-0.3, -0.25) is 4.79 Å². The Hall–Kier alpha value is -1.34. The van der Waals surface area contributed by atoms with E-state index in [4.69, 9.17) is 10.5 Å². The highest BCUT2D eigenvalue weighted by molar-refractivity contribution is 5.98. The number of nitrogens with two attached hydrogens (primary N) is 1. The van der Waals surface area contributed by atoms with E-state index in [9.17, 15) is 4.79 Å². The second kappa shape index (κ2) is 8.85. The highest BCUT2D eigenvalue weighted by atomic mass is 35.5. The highest BCUT2D eigenvalue weighted by Crippen LogP contribution is 2.28. The molecule has 1 aliphatic rings. The number of nitrogens with one attached hydrogen (secondary N) is 2.